The van der Waals surface area contributed by atoms with Gasteiger partial charge in [-0.25, -0.2) is 4.39 Å². The van der Waals surface area contributed by atoms with Crippen molar-refractivity contribution in [1.29, 1.82) is 0 Å². The molecule has 0 aromatic heterocycles. The molecule has 0 amide bonds. The number of carbonyl (C=O) groups is 1. The lowest BCUT2D eigenvalue weighted by molar-refractivity contribution is -0.140. The van der Waals surface area contributed by atoms with Crippen molar-refractivity contribution in [3.63, 3.8) is 0 Å². The number of benzene rings is 1. The predicted molar refractivity (Wildman–Crippen MR) is 97.9 cm³/mol. The van der Waals surface area contributed by atoms with Crippen molar-refractivity contribution in [3.8, 4) is 5.75 Å². The van der Waals surface area contributed by atoms with E-state index in [9.17, 15) is 9.18 Å². The molecule has 0 aliphatic carbocycles. The molecular formula is C15H23FIN3O3. The Morgan fingerprint density at radius 2 is 2.04 bits per heavy atom. The van der Waals surface area contributed by atoms with Gasteiger partial charge in [-0.3, -0.25) is 9.79 Å². The van der Waals surface area contributed by atoms with Crippen LogP contribution in [-0.2, 0) is 9.53 Å². The van der Waals surface area contributed by atoms with E-state index in [4.69, 9.17) is 4.74 Å². The number of para-hydroxylation sites is 1. The molecule has 0 aliphatic rings. The first-order valence-electron chi connectivity index (χ1n) is 6.99. The molecule has 0 heterocycles. The summed E-state index contributed by atoms with van der Waals surface area (Å²) in [5.74, 6) is 0.0625. The molecule has 0 radical (unpaired) electrons. The van der Waals surface area contributed by atoms with Crippen LogP contribution in [0, 0.1) is 5.82 Å². The van der Waals surface area contributed by atoms with Crippen LogP contribution in [0.1, 0.15) is 13.3 Å². The zero-order chi connectivity index (χ0) is 16.4. The SMILES string of the molecule is CN=C(NCCC(=O)OC)NCC(C)Oc1ccccc1F.I. The Bertz CT molecular complexity index is 514. The summed E-state index contributed by atoms with van der Waals surface area (Å²) >= 11 is 0. The van der Waals surface area contributed by atoms with Crippen LogP contribution in [0.3, 0.4) is 0 Å². The molecule has 0 saturated heterocycles. The second-order valence-electron chi connectivity index (χ2n) is 4.56. The second kappa shape index (κ2) is 11.9. The monoisotopic (exact) mass is 439 g/mol. The topological polar surface area (TPSA) is 72.0 Å². The van der Waals surface area contributed by atoms with E-state index in [-0.39, 0.29) is 48.2 Å². The fraction of sp³-hybridized carbons (Fsp3) is 0.467. The average Bonchev–Trinajstić information content (AvgIpc) is 2.52. The van der Waals surface area contributed by atoms with Gasteiger partial charge in [-0.1, -0.05) is 12.1 Å². The Balaban J connectivity index is 0.00000484. The lowest BCUT2D eigenvalue weighted by atomic mass is 10.3. The highest BCUT2D eigenvalue weighted by Gasteiger charge is 2.09. The van der Waals surface area contributed by atoms with E-state index in [0.717, 1.165) is 0 Å². The van der Waals surface area contributed by atoms with Crippen molar-refractivity contribution >= 4 is 35.9 Å². The standard InChI is InChI=1S/C15H22FN3O3.HI/c1-11(22-13-7-5-4-6-12(13)16)10-19-15(17-2)18-9-8-14(20)21-3;/h4-7,11H,8-10H2,1-3H3,(H2,17,18,19);1H. The fourth-order valence-corrected chi connectivity index (χ4v) is 1.64. The van der Waals surface area contributed by atoms with Gasteiger partial charge in [0.05, 0.1) is 20.1 Å². The van der Waals surface area contributed by atoms with Crippen LogP contribution in [0.25, 0.3) is 0 Å². The Kier molecular flexibility index (Phi) is 11.1. The predicted octanol–water partition coefficient (Wildman–Crippen LogP) is 1.94. The summed E-state index contributed by atoms with van der Waals surface area (Å²) in [5, 5.41) is 6.01. The van der Waals surface area contributed by atoms with Gasteiger partial charge in [-0.15, -0.1) is 24.0 Å². The number of esters is 1. The second-order valence-corrected chi connectivity index (χ2v) is 4.56. The van der Waals surface area contributed by atoms with E-state index in [0.29, 0.717) is 19.0 Å². The van der Waals surface area contributed by atoms with E-state index in [1.165, 1.54) is 13.2 Å². The first-order valence-corrected chi connectivity index (χ1v) is 6.99. The summed E-state index contributed by atoms with van der Waals surface area (Å²) in [6.45, 7) is 2.67. The number of hydrogen-bond acceptors (Lipinski definition) is 4. The van der Waals surface area contributed by atoms with E-state index in [1.54, 1.807) is 25.2 Å². The number of aliphatic imine (C=N–C) groups is 1. The number of nitrogens with zero attached hydrogens (tertiary/aromatic N) is 1. The third-order valence-corrected chi connectivity index (χ3v) is 2.79. The van der Waals surface area contributed by atoms with Crippen molar-refractivity contribution < 1.29 is 18.7 Å². The zero-order valence-corrected chi connectivity index (χ0v) is 15.8. The van der Waals surface area contributed by atoms with E-state index in [2.05, 4.69) is 20.4 Å². The molecule has 23 heavy (non-hydrogen) atoms. The van der Waals surface area contributed by atoms with E-state index >= 15 is 0 Å². The Morgan fingerprint density at radius 3 is 2.65 bits per heavy atom. The number of ether oxygens (including phenoxy) is 2. The highest BCUT2D eigenvalue weighted by atomic mass is 127. The first-order chi connectivity index (χ1) is 10.6. The van der Waals surface area contributed by atoms with Crippen molar-refractivity contribution in [2.75, 3.05) is 27.2 Å². The summed E-state index contributed by atoms with van der Waals surface area (Å²) < 4.78 is 23.5. The maximum Gasteiger partial charge on any atom is 0.307 e. The third kappa shape index (κ3) is 8.58. The first kappa shape index (κ1) is 21.4. The summed E-state index contributed by atoms with van der Waals surface area (Å²) in [5.41, 5.74) is 0. The normalized spacial score (nSPS) is 11.9. The van der Waals surface area contributed by atoms with Crippen molar-refractivity contribution in [2.24, 2.45) is 4.99 Å². The highest BCUT2D eigenvalue weighted by molar-refractivity contribution is 14.0. The molecule has 2 N–H and O–H groups in total. The minimum Gasteiger partial charge on any atom is -0.486 e. The lowest BCUT2D eigenvalue weighted by Crippen LogP contribution is -2.42. The summed E-state index contributed by atoms with van der Waals surface area (Å²) in [4.78, 5) is 15.0. The molecule has 1 aromatic rings. The molecule has 0 saturated carbocycles. The van der Waals surface area contributed by atoms with Gasteiger partial charge in [0.2, 0.25) is 0 Å². The average molecular weight is 439 g/mol. The van der Waals surface area contributed by atoms with Gasteiger partial charge in [-0.05, 0) is 19.1 Å². The molecule has 130 valence electrons. The van der Waals surface area contributed by atoms with Gasteiger partial charge in [0, 0.05) is 13.6 Å². The van der Waals surface area contributed by atoms with E-state index in [1.807, 2.05) is 6.92 Å². The summed E-state index contributed by atoms with van der Waals surface area (Å²) in [6.07, 6.45) is -0.00516. The highest BCUT2D eigenvalue weighted by Crippen LogP contribution is 2.16. The molecule has 1 unspecified atom stereocenters. The number of halogens is 2. The van der Waals surface area contributed by atoms with Crippen LogP contribution >= 0.6 is 24.0 Å². The lowest BCUT2D eigenvalue weighted by Gasteiger charge is -2.17. The van der Waals surface area contributed by atoms with E-state index < -0.39 is 5.82 Å². The molecule has 1 rings (SSSR count). The van der Waals surface area contributed by atoms with Crippen molar-refractivity contribution in [3.05, 3.63) is 30.1 Å². The molecule has 0 bridgehead atoms. The quantitative estimate of drug-likeness (QED) is 0.294. The summed E-state index contributed by atoms with van der Waals surface area (Å²) in [7, 11) is 2.97. The van der Waals surface area contributed by atoms with Crippen LogP contribution in [-0.4, -0.2) is 45.3 Å². The Morgan fingerprint density at radius 1 is 1.35 bits per heavy atom. The van der Waals surface area contributed by atoms with Gasteiger partial charge in [0.1, 0.15) is 6.10 Å². The molecule has 0 spiro atoms. The van der Waals surface area contributed by atoms with Crippen molar-refractivity contribution in [1.82, 2.24) is 10.6 Å². The number of nitrogens with one attached hydrogen (secondary N) is 2. The van der Waals surface area contributed by atoms with Gasteiger partial charge in [0.25, 0.3) is 0 Å². The van der Waals surface area contributed by atoms with Gasteiger partial charge in [-0.2, -0.15) is 0 Å². The molecule has 1 atom stereocenters. The van der Waals surface area contributed by atoms with Crippen molar-refractivity contribution in [2.45, 2.75) is 19.4 Å². The molecule has 0 fully saturated rings. The smallest absolute Gasteiger partial charge is 0.307 e. The number of carbonyl (C=O) groups excluding carboxylic acids is 1. The van der Waals surface area contributed by atoms with Crippen LogP contribution in [0.2, 0.25) is 0 Å². The largest absolute Gasteiger partial charge is 0.486 e. The number of guanidine groups is 1. The maximum absolute atomic E-state index is 13.5. The number of hydrogen-bond donors (Lipinski definition) is 2. The molecule has 8 heteroatoms. The van der Waals surface area contributed by atoms with Crippen LogP contribution in [0.5, 0.6) is 5.75 Å². The van der Waals surface area contributed by atoms with Crippen LogP contribution in [0.4, 0.5) is 4.39 Å². The van der Waals surface area contributed by atoms with Gasteiger partial charge >= 0.3 is 5.97 Å². The third-order valence-electron chi connectivity index (χ3n) is 2.79. The molecule has 6 nitrogen and oxygen atoms in total. The maximum atomic E-state index is 13.5. The molecule has 1 aromatic carbocycles. The molecule has 0 aliphatic heterocycles. The minimum atomic E-state index is -0.394. The fourth-order valence-electron chi connectivity index (χ4n) is 1.64. The molecular weight excluding hydrogens is 416 g/mol. The summed E-state index contributed by atoms with van der Waals surface area (Å²) in [6, 6.07) is 6.25. The number of methoxy groups -OCH3 is 1. The van der Waals surface area contributed by atoms with Crippen LogP contribution in [0.15, 0.2) is 29.3 Å². The Hall–Kier alpha value is -1.58. The van der Waals surface area contributed by atoms with Gasteiger partial charge < -0.3 is 20.1 Å². The number of rotatable bonds is 7. The minimum absolute atomic E-state index is 0. The van der Waals surface area contributed by atoms with Crippen LogP contribution < -0.4 is 15.4 Å². The zero-order valence-electron chi connectivity index (χ0n) is 13.5. The Labute approximate surface area is 152 Å². The van der Waals surface area contributed by atoms with Gasteiger partial charge in [0.15, 0.2) is 17.5 Å².